The molecule has 3 nitrogen and oxygen atoms in total. The van der Waals surface area contributed by atoms with Gasteiger partial charge in [0.25, 0.3) is 0 Å². The molecule has 8 aromatic rings. The number of rotatable bonds is 6. The molecule has 2 heterocycles. The number of nitrogens with zero attached hydrogens (tertiary/aromatic N) is 1. The molecule has 1 unspecified atom stereocenters. The summed E-state index contributed by atoms with van der Waals surface area (Å²) in [6.07, 6.45) is 2.36. The average molecular weight is 719 g/mol. The Balaban J connectivity index is 1.00. The van der Waals surface area contributed by atoms with Crippen molar-refractivity contribution in [2.24, 2.45) is 0 Å². The van der Waals surface area contributed by atoms with Gasteiger partial charge in [0.15, 0.2) is 0 Å². The highest BCUT2D eigenvalue weighted by Gasteiger charge is 2.51. The molecule has 56 heavy (non-hydrogen) atoms. The molecule has 0 radical (unpaired) electrons. The molecule has 11 rings (SSSR count). The third-order valence-electron chi connectivity index (χ3n) is 11.8. The Hall–Kier alpha value is -6.94. The third kappa shape index (κ3) is 5.16. The van der Waals surface area contributed by atoms with Crippen molar-refractivity contribution in [3.05, 3.63) is 245 Å². The summed E-state index contributed by atoms with van der Waals surface area (Å²) in [7, 11) is 0. The second kappa shape index (κ2) is 13.1. The number of para-hydroxylation sites is 2. The largest absolute Gasteiger partial charge is 0.457 e. The van der Waals surface area contributed by atoms with E-state index in [1.165, 1.54) is 78.0 Å². The van der Waals surface area contributed by atoms with Crippen molar-refractivity contribution in [1.29, 1.82) is 0 Å². The molecular formula is C53H38N2O. The van der Waals surface area contributed by atoms with Gasteiger partial charge in [-0.05, 0) is 97.6 Å². The Labute approximate surface area is 327 Å². The normalized spacial score (nSPS) is 15.7. The van der Waals surface area contributed by atoms with Crippen LogP contribution in [0.3, 0.4) is 0 Å². The van der Waals surface area contributed by atoms with Crippen LogP contribution < -0.4 is 10.2 Å². The zero-order valence-corrected chi connectivity index (χ0v) is 30.8. The molecule has 1 spiro atoms. The summed E-state index contributed by atoms with van der Waals surface area (Å²) in [6, 6.07) is 72.5. The molecule has 0 bridgehead atoms. The maximum atomic E-state index is 6.57. The van der Waals surface area contributed by atoms with Gasteiger partial charge in [-0.15, -0.1) is 0 Å². The minimum Gasteiger partial charge on any atom is -0.457 e. The quantitative estimate of drug-likeness (QED) is 0.185. The van der Waals surface area contributed by atoms with Crippen LogP contribution in [0.1, 0.15) is 45.0 Å². The molecule has 1 aliphatic carbocycles. The highest BCUT2D eigenvalue weighted by Crippen LogP contribution is 2.62. The molecule has 266 valence electrons. The van der Waals surface area contributed by atoms with Crippen molar-refractivity contribution in [3.8, 4) is 44.9 Å². The second-order valence-corrected chi connectivity index (χ2v) is 15.0. The molecule has 0 fully saturated rings. The lowest BCUT2D eigenvalue weighted by molar-refractivity contribution is 0.283. The van der Waals surface area contributed by atoms with Crippen molar-refractivity contribution in [3.63, 3.8) is 0 Å². The van der Waals surface area contributed by atoms with Gasteiger partial charge >= 0.3 is 0 Å². The maximum Gasteiger partial charge on any atom is 0.132 e. The van der Waals surface area contributed by atoms with Gasteiger partial charge in [-0.25, -0.2) is 5.43 Å². The van der Waals surface area contributed by atoms with Gasteiger partial charge in [-0.2, -0.15) is 0 Å². The number of fused-ring (bicyclic) bond motifs is 9. The van der Waals surface area contributed by atoms with Crippen LogP contribution in [-0.2, 0) is 12.0 Å². The smallest absolute Gasteiger partial charge is 0.132 e. The van der Waals surface area contributed by atoms with Crippen LogP contribution in [0.5, 0.6) is 11.5 Å². The number of hydrogen-bond donors (Lipinski definition) is 1. The van der Waals surface area contributed by atoms with Crippen molar-refractivity contribution < 1.29 is 4.74 Å². The van der Waals surface area contributed by atoms with Crippen molar-refractivity contribution in [2.45, 2.75) is 18.0 Å². The molecule has 0 aromatic heterocycles. The van der Waals surface area contributed by atoms with Crippen molar-refractivity contribution >= 4 is 5.70 Å². The number of ether oxygens (including phenoxy) is 1. The summed E-state index contributed by atoms with van der Waals surface area (Å²) < 4.78 is 6.57. The SMILES string of the molecule is C1=C(c2cccc(-c3cccc(-c4ccc5c(c4)C4(c6ccccc6Oc6ccccc64)c4ccccc4-5)c3)c2)N(Cc2ccccc2)NC1c1ccccc1. The summed E-state index contributed by atoms with van der Waals surface area (Å²) in [5, 5.41) is 2.30. The maximum absolute atomic E-state index is 6.57. The Bertz CT molecular complexity index is 2760. The first kappa shape index (κ1) is 32.5. The summed E-state index contributed by atoms with van der Waals surface area (Å²) in [5.41, 5.74) is 20.4. The molecule has 8 aromatic carbocycles. The molecule has 0 amide bonds. The van der Waals surface area contributed by atoms with E-state index in [2.05, 4.69) is 217 Å². The van der Waals surface area contributed by atoms with E-state index in [9.17, 15) is 0 Å². The van der Waals surface area contributed by atoms with Crippen LogP contribution in [0.15, 0.2) is 206 Å². The summed E-state index contributed by atoms with van der Waals surface area (Å²) >= 11 is 0. The van der Waals surface area contributed by atoms with Gasteiger partial charge in [0.05, 0.1) is 23.7 Å². The van der Waals surface area contributed by atoms with Crippen LogP contribution in [0.25, 0.3) is 39.1 Å². The average Bonchev–Trinajstić information content (AvgIpc) is 3.82. The van der Waals surface area contributed by atoms with E-state index in [1.807, 2.05) is 0 Å². The van der Waals surface area contributed by atoms with E-state index in [0.29, 0.717) is 0 Å². The second-order valence-electron chi connectivity index (χ2n) is 15.0. The van der Waals surface area contributed by atoms with Gasteiger partial charge in [0.1, 0.15) is 11.5 Å². The Morgan fingerprint density at radius 1 is 0.446 bits per heavy atom. The van der Waals surface area contributed by atoms with Crippen molar-refractivity contribution in [2.75, 3.05) is 0 Å². The summed E-state index contributed by atoms with van der Waals surface area (Å²) in [6.45, 7) is 0.764. The fraction of sp³-hybridized carbons (Fsp3) is 0.0566. The minimum absolute atomic E-state index is 0.0887. The fourth-order valence-corrected chi connectivity index (χ4v) is 9.27. The number of nitrogens with one attached hydrogen (secondary N) is 1. The lowest BCUT2D eigenvalue weighted by Gasteiger charge is -2.39. The van der Waals surface area contributed by atoms with Gasteiger partial charge in [-0.1, -0.05) is 170 Å². The fourth-order valence-electron chi connectivity index (χ4n) is 9.27. The molecule has 3 heteroatoms. The van der Waals surface area contributed by atoms with E-state index in [0.717, 1.165) is 18.0 Å². The van der Waals surface area contributed by atoms with E-state index in [1.54, 1.807) is 0 Å². The zero-order valence-electron chi connectivity index (χ0n) is 30.8. The Kier molecular flexibility index (Phi) is 7.61. The van der Waals surface area contributed by atoms with Crippen LogP contribution in [0.2, 0.25) is 0 Å². The van der Waals surface area contributed by atoms with E-state index < -0.39 is 5.41 Å². The first-order chi connectivity index (χ1) is 27.7. The van der Waals surface area contributed by atoms with Crippen molar-refractivity contribution in [1.82, 2.24) is 10.4 Å². The van der Waals surface area contributed by atoms with E-state index in [4.69, 9.17) is 4.74 Å². The monoisotopic (exact) mass is 718 g/mol. The highest BCUT2D eigenvalue weighted by molar-refractivity contribution is 5.90. The van der Waals surface area contributed by atoms with Gasteiger partial charge < -0.3 is 9.75 Å². The predicted octanol–water partition coefficient (Wildman–Crippen LogP) is 12.6. The standard InChI is InChI=1S/C53H38N2O/c1-3-15-36(16-4-1)35-55-50(34-49(54-55)37-17-5-2-6-18-37)42-22-14-21-40(32-42)38-19-13-20-39(31-38)41-29-30-44-43-23-7-8-24-45(43)53(48(44)33-41)46-25-9-11-27-51(46)56-52-28-12-10-26-47(52)53/h1-34,49,54H,35H2. The molecule has 0 saturated carbocycles. The van der Waals surface area contributed by atoms with Crippen LogP contribution in [0, 0.1) is 0 Å². The summed E-state index contributed by atoms with van der Waals surface area (Å²) in [5.74, 6) is 1.82. The molecule has 2 aliphatic heterocycles. The lowest BCUT2D eigenvalue weighted by atomic mass is 9.66. The lowest BCUT2D eigenvalue weighted by Crippen LogP contribution is -2.32. The first-order valence-electron chi connectivity index (χ1n) is 19.4. The summed E-state index contributed by atoms with van der Waals surface area (Å²) in [4.78, 5) is 0. The first-order valence-corrected chi connectivity index (χ1v) is 19.4. The molecular weight excluding hydrogens is 681 g/mol. The Morgan fingerprint density at radius 3 is 1.68 bits per heavy atom. The van der Waals surface area contributed by atoms with Crippen LogP contribution >= 0.6 is 0 Å². The molecule has 0 saturated heterocycles. The van der Waals surface area contributed by atoms with E-state index in [-0.39, 0.29) is 6.04 Å². The third-order valence-corrected chi connectivity index (χ3v) is 11.8. The molecule has 1 atom stereocenters. The van der Waals surface area contributed by atoms with Gasteiger partial charge in [0, 0.05) is 11.1 Å². The van der Waals surface area contributed by atoms with Crippen LogP contribution in [0.4, 0.5) is 0 Å². The molecule has 3 aliphatic rings. The highest BCUT2D eigenvalue weighted by atomic mass is 16.5. The number of hydrogen-bond acceptors (Lipinski definition) is 3. The predicted molar refractivity (Wildman–Crippen MR) is 227 cm³/mol. The minimum atomic E-state index is -0.494. The molecule has 1 N–H and O–H groups in total. The van der Waals surface area contributed by atoms with Crippen LogP contribution in [-0.4, -0.2) is 5.01 Å². The van der Waals surface area contributed by atoms with E-state index >= 15 is 0 Å². The Morgan fingerprint density at radius 2 is 0.982 bits per heavy atom. The van der Waals surface area contributed by atoms with Gasteiger partial charge in [-0.3, -0.25) is 0 Å². The van der Waals surface area contributed by atoms with Gasteiger partial charge in [0.2, 0.25) is 0 Å². The number of benzene rings is 8. The number of hydrazine groups is 1. The topological polar surface area (TPSA) is 24.5 Å². The zero-order chi connectivity index (χ0) is 37.1.